The maximum absolute atomic E-state index is 5.91. The third-order valence-corrected chi connectivity index (χ3v) is 4.15. The summed E-state index contributed by atoms with van der Waals surface area (Å²) < 4.78 is 0. The van der Waals surface area contributed by atoms with Crippen molar-refractivity contribution in [3.63, 3.8) is 0 Å². The van der Waals surface area contributed by atoms with Crippen LogP contribution in [0.3, 0.4) is 0 Å². The van der Waals surface area contributed by atoms with Gasteiger partial charge in [0, 0.05) is 5.56 Å². The van der Waals surface area contributed by atoms with Crippen molar-refractivity contribution in [1.82, 2.24) is 10.2 Å². The number of hydrogen-bond acceptors (Lipinski definition) is 2. The van der Waals surface area contributed by atoms with Gasteiger partial charge in [-0.2, -0.15) is 0 Å². The molecule has 6 heteroatoms. The normalized spacial score (nSPS) is 10.9. The van der Waals surface area contributed by atoms with Gasteiger partial charge in [-0.25, -0.2) is 0 Å². The van der Waals surface area contributed by atoms with Gasteiger partial charge < -0.3 is 0 Å². The highest BCUT2D eigenvalue weighted by Crippen LogP contribution is 2.16. The Bertz CT molecular complexity index is 317. The van der Waals surface area contributed by atoms with Crippen LogP contribution in [0.15, 0.2) is 0 Å². The number of aromatic nitrogens is 2. The van der Waals surface area contributed by atoms with Gasteiger partial charge in [-0.1, -0.05) is 36.3 Å². The first-order chi connectivity index (χ1) is 6.07. The topological polar surface area (TPSA) is 25.8 Å². The van der Waals surface area contributed by atoms with Gasteiger partial charge in [0.2, 0.25) is 0 Å². The number of hydrogen-bond donors (Lipinski definition) is 0. The van der Waals surface area contributed by atoms with Crippen molar-refractivity contribution < 1.29 is 0 Å². The monoisotopic (exact) mass is 253 g/mol. The largest absolute Gasteiger partial charge is 0.156 e. The molecule has 1 heterocycles. The van der Waals surface area contributed by atoms with Crippen molar-refractivity contribution in [3.05, 3.63) is 15.9 Å². The number of halogens is 3. The molecule has 0 fully saturated rings. The fourth-order valence-corrected chi connectivity index (χ4v) is 3.77. The molecule has 0 amide bonds. The van der Waals surface area contributed by atoms with E-state index in [4.69, 9.17) is 34.8 Å². The third-order valence-electron chi connectivity index (χ3n) is 1.62. The molecule has 0 saturated heterocycles. The van der Waals surface area contributed by atoms with Crippen LogP contribution in [0.4, 0.5) is 0 Å². The smallest absolute Gasteiger partial charge is 0.137 e. The number of nitrogens with zero attached hydrogens (tertiary/aromatic N) is 2. The zero-order valence-electron chi connectivity index (χ0n) is 7.24. The maximum atomic E-state index is 5.91. The second-order valence-electron chi connectivity index (χ2n) is 2.77. The van der Waals surface area contributed by atoms with Crippen LogP contribution in [0.1, 0.15) is 5.56 Å². The van der Waals surface area contributed by atoms with Crippen molar-refractivity contribution >= 4 is 48.8 Å². The first kappa shape index (κ1) is 11.2. The minimum Gasteiger partial charge on any atom is -0.137 e. The van der Waals surface area contributed by atoms with E-state index < -0.39 is 8.80 Å². The predicted octanol–water partition coefficient (Wildman–Crippen LogP) is 2.48. The summed E-state index contributed by atoms with van der Waals surface area (Å²) in [5.74, 6) is 0.333. The van der Waals surface area contributed by atoms with E-state index in [2.05, 4.69) is 23.3 Å². The zero-order chi connectivity index (χ0) is 10.0. The maximum Gasteiger partial charge on any atom is 0.156 e. The van der Waals surface area contributed by atoms with Gasteiger partial charge in [0.05, 0.1) is 14.7 Å². The Morgan fingerprint density at radius 3 is 2.08 bits per heavy atom. The summed E-state index contributed by atoms with van der Waals surface area (Å²) in [5.41, 5.74) is 0.822. The molecule has 0 aliphatic heterocycles. The van der Waals surface area contributed by atoms with Crippen LogP contribution in [0.5, 0.6) is 0 Å². The van der Waals surface area contributed by atoms with Crippen LogP contribution in [0.25, 0.3) is 0 Å². The summed E-state index contributed by atoms with van der Waals surface area (Å²) in [6.07, 6.45) is 0. The first-order valence-corrected chi connectivity index (χ1v) is 7.44. The van der Waals surface area contributed by atoms with E-state index in [-0.39, 0.29) is 0 Å². The molecule has 0 saturated carbocycles. The molecular formula is C7H8Cl3N2Si. The first-order valence-electron chi connectivity index (χ1n) is 3.65. The highest BCUT2D eigenvalue weighted by atomic mass is 35.5. The van der Waals surface area contributed by atoms with Gasteiger partial charge in [0.25, 0.3) is 0 Å². The molecule has 0 aliphatic rings. The molecule has 1 aromatic rings. The van der Waals surface area contributed by atoms with E-state index in [1.54, 1.807) is 0 Å². The molecule has 13 heavy (non-hydrogen) atoms. The molecule has 1 aromatic heterocycles. The molecule has 0 atom stereocenters. The number of rotatable bonds is 2. The summed E-state index contributed by atoms with van der Waals surface area (Å²) >= 11 is 17.5. The zero-order valence-corrected chi connectivity index (χ0v) is 10.5. The lowest BCUT2D eigenvalue weighted by atomic mass is 10.3. The van der Waals surface area contributed by atoms with E-state index in [9.17, 15) is 0 Å². The van der Waals surface area contributed by atoms with Crippen LogP contribution >= 0.6 is 34.8 Å². The van der Waals surface area contributed by atoms with Crippen LogP contribution in [0, 0.1) is 0 Å². The molecule has 0 N–H and O–H groups in total. The summed E-state index contributed by atoms with van der Waals surface area (Å²) in [6, 6.07) is 0. The van der Waals surface area contributed by atoms with Crippen LogP contribution in [-0.2, 0) is 5.88 Å². The van der Waals surface area contributed by atoms with Gasteiger partial charge in [-0.3, -0.25) is 0 Å². The lowest BCUT2D eigenvalue weighted by Crippen LogP contribution is -2.29. The minimum absolute atomic E-state index is 0.333. The summed E-state index contributed by atoms with van der Waals surface area (Å²) in [7, 11) is -0.710. The fraction of sp³-hybridized carbons (Fsp3) is 0.429. The Hall–Kier alpha value is 0.167. The fourth-order valence-electron chi connectivity index (χ4n) is 1.06. The van der Waals surface area contributed by atoms with E-state index in [1.165, 1.54) is 0 Å². The van der Waals surface area contributed by atoms with Gasteiger partial charge >= 0.3 is 0 Å². The Balaban J connectivity index is 3.35. The van der Waals surface area contributed by atoms with Crippen molar-refractivity contribution in [1.29, 1.82) is 0 Å². The second-order valence-corrected chi connectivity index (χ2v) is 6.25. The summed E-state index contributed by atoms with van der Waals surface area (Å²) in [5, 5.41) is 9.25. The average Bonchev–Trinajstić information content (AvgIpc) is 2.07. The highest BCUT2D eigenvalue weighted by Gasteiger charge is 2.16. The van der Waals surface area contributed by atoms with E-state index in [0.717, 1.165) is 10.8 Å². The van der Waals surface area contributed by atoms with Crippen LogP contribution < -0.4 is 5.19 Å². The Kier molecular flexibility index (Phi) is 3.98. The second kappa shape index (κ2) is 4.60. The summed E-state index contributed by atoms with van der Waals surface area (Å²) in [6.45, 7) is 4.22. The Morgan fingerprint density at radius 1 is 1.15 bits per heavy atom. The third kappa shape index (κ3) is 2.34. The van der Waals surface area contributed by atoms with Gasteiger partial charge in [-0.15, -0.1) is 21.8 Å². The minimum atomic E-state index is -0.710. The lowest BCUT2D eigenvalue weighted by molar-refractivity contribution is 1.02. The van der Waals surface area contributed by atoms with Crippen molar-refractivity contribution in [2.45, 2.75) is 19.0 Å². The highest BCUT2D eigenvalue weighted by molar-refractivity contribution is 6.74. The molecule has 0 bridgehead atoms. The van der Waals surface area contributed by atoms with E-state index in [0.29, 0.717) is 16.2 Å². The Labute approximate surface area is 93.8 Å². The van der Waals surface area contributed by atoms with Gasteiger partial charge in [0.1, 0.15) is 0 Å². The molecule has 71 valence electrons. The average molecular weight is 255 g/mol. The van der Waals surface area contributed by atoms with Gasteiger partial charge in [-0.05, 0) is 5.19 Å². The molecule has 1 rings (SSSR count). The van der Waals surface area contributed by atoms with Crippen LogP contribution in [0.2, 0.25) is 23.4 Å². The lowest BCUT2D eigenvalue weighted by Gasteiger charge is -2.10. The van der Waals surface area contributed by atoms with Crippen molar-refractivity contribution in [2.24, 2.45) is 0 Å². The summed E-state index contributed by atoms with van der Waals surface area (Å²) in [4.78, 5) is 0. The molecular weight excluding hydrogens is 247 g/mol. The van der Waals surface area contributed by atoms with E-state index >= 15 is 0 Å². The molecule has 2 nitrogen and oxygen atoms in total. The molecule has 0 spiro atoms. The molecule has 0 aromatic carbocycles. The molecule has 0 aliphatic carbocycles. The van der Waals surface area contributed by atoms with Crippen molar-refractivity contribution in [3.8, 4) is 0 Å². The van der Waals surface area contributed by atoms with Gasteiger partial charge in [0.15, 0.2) is 10.3 Å². The molecule has 0 unspecified atom stereocenters. The standard InChI is InChI=1S/C7H8Cl3N2Si/c1-13(2)5-4(3-8)6(9)11-12-7(5)10/h3H2,1-2H3. The SMILES string of the molecule is C[Si](C)c1c(Cl)nnc(Cl)c1CCl. The van der Waals surface area contributed by atoms with E-state index in [1.807, 2.05) is 0 Å². The van der Waals surface area contributed by atoms with Crippen molar-refractivity contribution in [2.75, 3.05) is 0 Å². The predicted molar refractivity (Wildman–Crippen MR) is 58.7 cm³/mol. The molecule has 1 radical (unpaired) electrons. The number of alkyl halides is 1. The quantitative estimate of drug-likeness (QED) is 0.599. The van der Waals surface area contributed by atoms with Crippen LogP contribution in [-0.4, -0.2) is 19.0 Å². The Morgan fingerprint density at radius 2 is 1.69 bits per heavy atom.